The van der Waals surface area contributed by atoms with Crippen LogP contribution < -0.4 is 4.74 Å². The molecule has 0 saturated carbocycles. The minimum absolute atomic E-state index is 0.00285. The third kappa shape index (κ3) is 3.08. The number of phenolic OH excluding ortho intramolecular Hbond substituents is 1. The number of rotatable bonds is 3. The van der Waals surface area contributed by atoms with Crippen LogP contribution in [0.3, 0.4) is 0 Å². The van der Waals surface area contributed by atoms with E-state index in [1.165, 1.54) is 37.3 Å². The van der Waals surface area contributed by atoms with Crippen LogP contribution in [0.15, 0.2) is 48.6 Å². The van der Waals surface area contributed by atoms with Crippen LogP contribution in [0.25, 0.3) is 11.1 Å². The summed E-state index contributed by atoms with van der Waals surface area (Å²) in [5.41, 5.74) is 0.648. The normalized spacial score (nSPS) is 10.2. The number of hydrogen-bond donors (Lipinski definition) is 1. The molecule has 2 rings (SSSR count). The predicted molar refractivity (Wildman–Crippen MR) is 73.9 cm³/mol. The van der Waals surface area contributed by atoms with E-state index in [0.717, 1.165) is 6.07 Å². The number of hydrogen-bond acceptors (Lipinski definition) is 3. The third-order valence-electron chi connectivity index (χ3n) is 2.79. The third-order valence-corrected chi connectivity index (χ3v) is 2.79. The summed E-state index contributed by atoms with van der Waals surface area (Å²) in [7, 11) is 0. The standard InChI is InChI=1S/C16H12F2O3/c1-9(2)16(20)21-11-5-3-10(4-6-11)12-7-8-13(19)15(18)14(12)17/h3-8,19H,1H2,2H3. The first-order chi connectivity index (χ1) is 9.90. The Morgan fingerprint density at radius 1 is 1.10 bits per heavy atom. The molecular weight excluding hydrogens is 278 g/mol. The Hall–Kier alpha value is -2.69. The van der Waals surface area contributed by atoms with Crippen molar-refractivity contribution in [3.05, 3.63) is 60.2 Å². The lowest BCUT2D eigenvalue weighted by molar-refractivity contribution is -0.130. The highest BCUT2D eigenvalue weighted by atomic mass is 19.2. The summed E-state index contributed by atoms with van der Waals surface area (Å²) in [4.78, 5) is 11.3. The van der Waals surface area contributed by atoms with E-state index < -0.39 is 23.4 Å². The average Bonchev–Trinajstić information content (AvgIpc) is 2.46. The molecule has 5 heteroatoms. The highest BCUT2D eigenvalue weighted by Crippen LogP contribution is 2.30. The second-order valence-electron chi connectivity index (χ2n) is 4.45. The molecule has 0 bridgehead atoms. The van der Waals surface area contributed by atoms with Crippen molar-refractivity contribution in [3.8, 4) is 22.6 Å². The van der Waals surface area contributed by atoms with E-state index in [1.54, 1.807) is 0 Å². The van der Waals surface area contributed by atoms with Gasteiger partial charge in [0.05, 0.1) is 0 Å². The maximum Gasteiger partial charge on any atom is 0.338 e. The summed E-state index contributed by atoms with van der Waals surface area (Å²) in [6.07, 6.45) is 0. The van der Waals surface area contributed by atoms with Gasteiger partial charge in [-0.2, -0.15) is 4.39 Å². The average molecular weight is 290 g/mol. The Balaban J connectivity index is 2.29. The van der Waals surface area contributed by atoms with Crippen LogP contribution in [0.5, 0.6) is 11.5 Å². The number of halogens is 2. The molecule has 2 aromatic carbocycles. The number of esters is 1. The van der Waals surface area contributed by atoms with Crippen LogP contribution >= 0.6 is 0 Å². The maximum absolute atomic E-state index is 13.7. The lowest BCUT2D eigenvalue weighted by atomic mass is 10.0. The first-order valence-corrected chi connectivity index (χ1v) is 6.05. The van der Waals surface area contributed by atoms with E-state index in [-0.39, 0.29) is 16.9 Å². The second-order valence-corrected chi connectivity index (χ2v) is 4.45. The number of ether oxygens (including phenoxy) is 1. The van der Waals surface area contributed by atoms with Gasteiger partial charge in [-0.1, -0.05) is 18.7 Å². The van der Waals surface area contributed by atoms with Gasteiger partial charge in [-0.05, 0) is 36.8 Å². The predicted octanol–water partition coefficient (Wildman–Crippen LogP) is 3.82. The first-order valence-electron chi connectivity index (χ1n) is 6.05. The molecule has 3 nitrogen and oxygen atoms in total. The Morgan fingerprint density at radius 3 is 2.29 bits per heavy atom. The van der Waals surface area contributed by atoms with E-state index in [2.05, 4.69) is 6.58 Å². The highest BCUT2D eigenvalue weighted by Gasteiger charge is 2.14. The molecule has 0 amide bonds. The van der Waals surface area contributed by atoms with Crippen LogP contribution in [-0.2, 0) is 4.79 Å². The van der Waals surface area contributed by atoms with Crippen molar-refractivity contribution in [1.29, 1.82) is 0 Å². The van der Waals surface area contributed by atoms with Crippen molar-refractivity contribution in [3.63, 3.8) is 0 Å². The number of carbonyl (C=O) groups is 1. The van der Waals surface area contributed by atoms with Crippen LogP contribution in [0, 0.1) is 11.6 Å². The van der Waals surface area contributed by atoms with E-state index in [9.17, 15) is 13.6 Å². The minimum Gasteiger partial charge on any atom is -0.505 e. The zero-order valence-corrected chi connectivity index (χ0v) is 11.2. The van der Waals surface area contributed by atoms with Crippen LogP contribution in [-0.4, -0.2) is 11.1 Å². The summed E-state index contributed by atoms with van der Waals surface area (Å²) < 4.78 is 32.0. The van der Waals surface area contributed by atoms with Gasteiger partial charge >= 0.3 is 5.97 Å². The smallest absolute Gasteiger partial charge is 0.338 e. The molecule has 0 aromatic heterocycles. The van der Waals surface area contributed by atoms with Gasteiger partial charge in [0.1, 0.15) is 5.75 Å². The number of phenols is 1. The van der Waals surface area contributed by atoms with Gasteiger partial charge in [0, 0.05) is 11.1 Å². The fourth-order valence-corrected chi connectivity index (χ4v) is 1.66. The van der Waals surface area contributed by atoms with Crippen molar-refractivity contribution in [2.75, 3.05) is 0 Å². The maximum atomic E-state index is 13.7. The Labute approximate surface area is 120 Å². The fraction of sp³-hybridized carbons (Fsp3) is 0.0625. The largest absolute Gasteiger partial charge is 0.505 e. The van der Waals surface area contributed by atoms with E-state index in [0.29, 0.717) is 5.56 Å². The summed E-state index contributed by atoms with van der Waals surface area (Å²) in [6.45, 7) is 4.98. The summed E-state index contributed by atoms with van der Waals surface area (Å²) in [5, 5.41) is 9.09. The van der Waals surface area contributed by atoms with E-state index in [1.807, 2.05) is 0 Å². The van der Waals surface area contributed by atoms with E-state index in [4.69, 9.17) is 9.84 Å². The first kappa shape index (κ1) is 14.7. The molecule has 0 atom stereocenters. The zero-order valence-electron chi connectivity index (χ0n) is 11.2. The molecule has 21 heavy (non-hydrogen) atoms. The fourth-order valence-electron chi connectivity index (χ4n) is 1.66. The van der Waals surface area contributed by atoms with Crippen molar-refractivity contribution in [2.24, 2.45) is 0 Å². The molecule has 2 aromatic rings. The van der Waals surface area contributed by atoms with Gasteiger partial charge in [-0.25, -0.2) is 9.18 Å². The van der Waals surface area contributed by atoms with Crippen LogP contribution in [0.1, 0.15) is 6.92 Å². The summed E-state index contributed by atoms with van der Waals surface area (Å²) in [6, 6.07) is 8.22. The van der Waals surface area contributed by atoms with Crippen LogP contribution in [0.2, 0.25) is 0 Å². The number of carbonyl (C=O) groups excluding carboxylic acids is 1. The molecule has 0 aliphatic carbocycles. The molecule has 0 spiro atoms. The summed E-state index contributed by atoms with van der Waals surface area (Å²) in [5.74, 6) is -3.48. The van der Waals surface area contributed by atoms with Crippen molar-refractivity contribution in [2.45, 2.75) is 6.92 Å². The summed E-state index contributed by atoms with van der Waals surface area (Å²) >= 11 is 0. The van der Waals surface area contributed by atoms with Gasteiger partial charge in [-0.15, -0.1) is 0 Å². The molecule has 0 aliphatic rings. The van der Waals surface area contributed by atoms with Crippen molar-refractivity contribution >= 4 is 5.97 Å². The Kier molecular flexibility index (Phi) is 4.03. The Bertz CT molecular complexity index is 706. The molecule has 1 N–H and O–H groups in total. The molecule has 0 heterocycles. The molecule has 0 fully saturated rings. The SMILES string of the molecule is C=C(C)C(=O)Oc1ccc(-c2ccc(O)c(F)c2F)cc1. The van der Waals surface area contributed by atoms with Crippen molar-refractivity contribution in [1.82, 2.24) is 0 Å². The van der Waals surface area contributed by atoms with Crippen molar-refractivity contribution < 1.29 is 23.4 Å². The quantitative estimate of drug-likeness (QED) is 0.531. The lowest BCUT2D eigenvalue weighted by Crippen LogP contribution is -2.07. The molecule has 0 saturated heterocycles. The molecular formula is C16H12F2O3. The minimum atomic E-state index is -1.30. The van der Waals surface area contributed by atoms with Gasteiger partial charge in [0.25, 0.3) is 0 Å². The number of benzene rings is 2. The monoisotopic (exact) mass is 290 g/mol. The van der Waals surface area contributed by atoms with Crippen LogP contribution in [0.4, 0.5) is 8.78 Å². The molecule has 108 valence electrons. The topological polar surface area (TPSA) is 46.5 Å². The van der Waals surface area contributed by atoms with Gasteiger partial charge in [0.2, 0.25) is 5.82 Å². The lowest BCUT2D eigenvalue weighted by Gasteiger charge is -2.07. The molecule has 0 unspecified atom stereocenters. The highest BCUT2D eigenvalue weighted by molar-refractivity contribution is 5.88. The number of aromatic hydroxyl groups is 1. The van der Waals surface area contributed by atoms with Gasteiger partial charge in [-0.3, -0.25) is 0 Å². The van der Waals surface area contributed by atoms with Gasteiger partial charge < -0.3 is 9.84 Å². The Morgan fingerprint density at radius 2 is 1.71 bits per heavy atom. The van der Waals surface area contributed by atoms with E-state index >= 15 is 0 Å². The van der Waals surface area contributed by atoms with Gasteiger partial charge in [0.15, 0.2) is 11.6 Å². The molecule has 0 aliphatic heterocycles. The zero-order chi connectivity index (χ0) is 15.6. The second kappa shape index (κ2) is 5.75. The molecule has 0 radical (unpaired) electrons.